The molecule has 3 aromatic rings. The largest absolute Gasteiger partial charge is 0.497 e. The molecule has 0 saturated carbocycles. The molecule has 0 aliphatic heterocycles. The zero-order valence-electron chi connectivity index (χ0n) is 16.6. The Bertz CT molecular complexity index is 957. The summed E-state index contributed by atoms with van der Waals surface area (Å²) in [5, 5.41) is 2.25. The molecule has 0 amide bonds. The van der Waals surface area contributed by atoms with Gasteiger partial charge in [0, 0.05) is 5.56 Å². The maximum absolute atomic E-state index is 13.5. The van der Waals surface area contributed by atoms with Crippen molar-refractivity contribution in [3.8, 4) is 5.75 Å². The van der Waals surface area contributed by atoms with Gasteiger partial charge in [-0.3, -0.25) is 4.79 Å². The van der Waals surface area contributed by atoms with Crippen LogP contribution in [0.25, 0.3) is 10.8 Å². The van der Waals surface area contributed by atoms with Crippen LogP contribution >= 0.6 is 0 Å². The SMILES string of the molecule is COc1ccc(C(=O)[C@](C)(O[Si](C)(C)C)c2ccc3ccccc3c2)cc1. The van der Waals surface area contributed by atoms with Gasteiger partial charge in [0.15, 0.2) is 14.1 Å². The Morgan fingerprint density at radius 2 is 1.52 bits per heavy atom. The quantitative estimate of drug-likeness (QED) is 0.402. The number of ether oxygens (including phenoxy) is 1. The molecule has 0 radical (unpaired) electrons. The van der Waals surface area contributed by atoms with Crippen molar-refractivity contribution >= 4 is 24.9 Å². The number of rotatable bonds is 6. The Kier molecular flexibility index (Phi) is 5.22. The van der Waals surface area contributed by atoms with E-state index >= 15 is 0 Å². The van der Waals surface area contributed by atoms with Crippen molar-refractivity contribution in [2.75, 3.05) is 7.11 Å². The lowest BCUT2D eigenvalue weighted by molar-refractivity contribution is 0.0477. The first-order valence-corrected chi connectivity index (χ1v) is 12.5. The maximum Gasteiger partial charge on any atom is 0.197 e. The van der Waals surface area contributed by atoms with Gasteiger partial charge in [0.05, 0.1) is 7.11 Å². The second kappa shape index (κ2) is 7.29. The number of carbonyl (C=O) groups excluding carboxylic acids is 1. The molecule has 1 atom stereocenters. The smallest absolute Gasteiger partial charge is 0.197 e. The van der Waals surface area contributed by atoms with Gasteiger partial charge < -0.3 is 9.16 Å². The van der Waals surface area contributed by atoms with E-state index in [9.17, 15) is 4.79 Å². The van der Waals surface area contributed by atoms with E-state index in [0.717, 1.165) is 22.1 Å². The highest BCUT2D eigenvalue weighted by Gasteiger charge is 2.40. The van der Waals surface area contributed by atoms with Crippen molar-refractivity contribution in [2.24, 2.45) is 0 Å². The zero-order valence-corrected chi connectivity index (χ0v) is 17.6. The summed E-state index contributed by atoms with van der Waals surface area (Å²) in [5.74, 6) is 0.688. The van der Waals surface area contributed by atoms with Crippen LogP contribution in [0.2, 0.25) is 19.6 Å². The van der Waals surface area contributed by atoms with Gasteiger partial charge >= 0.3 is 0 Å². The average molecular weight is 379 g/mol. The van der Waals surface area contributed by atoms with Gasteiger partial charge in [-0.05, 0) is 73.2 Å². The number of ketones is 1. The van der Waals surface area contributed by atoms with E-state index in [1.54, 1.807) is 19.2 Å². The van der Waals surface area contributed by atoms with Crippen LogP contribution in [0.3, 0.4) is 0 Å². The van der Waals surface area contributed by atoms with E-state index in [0.29, 0.717) is 5.56 Å². The molecule has 0 spiro atoms. The van der Waals surface area contributed by atoms with Gasteiger partial charge in [-0.1, -0.05) is 36.4 Å². The fourth-order valence-electron chi connectivity index (χ4n) is 3.35. The third-order valence-electron chi connectivity index (χ3n) is 4.60. The molecule has 3 nitrogen and oxygen atoms in total. The third-order valence-corrected chi connectivity index (χ3v) is 5.62. The molecule has 0 N–H and O–H groups in total. The van der Waals surface area contributed by atoms with Gasteiger partial charge in [0.25, 0.3) is 0 Å². The Balaban J connectivity index is 2.10. The number of methoxy groups -OCH3 is 1. The summed E-state index contributed by atoms with van der Waals surface area (Å²) in [6.45, 7) is 8.21. The lowest BCUT2D eigenvalue weighted by Gasteiger charge is -2.35. The fraction of sp³-hybridized carbons (Fsp3) is 0.261. The number of fused-ring (bicyclic) bond motifs is 1. The minimum Gasteiger partial charge on any atom is -0.497 e. The Hall–Kier alpha value is -2.43. The summed E-state index contributed by atoms with van der Waals surface area (Å²) in [4.78, 5) is 13.5. The minimum atomic E-state index is -2.00. The summed E-state index contributed by atoms with van der Waals surface area (Å²) in [5.41, 5.74) is 0.456. The molecule has 4 heteroatoms. The summed E-state index contributed by atoms with van der Waals surface area (Å²) in [7, 11) is -0.386. The number of hydrogen-bond donors (Lipinski definition) is 0. The van der Waals surface area contributed by atoms with Crippen molar-refractivity contribution in [3.63, 3.8) is 0 Å². The van der Waals surface area contributed by atoms with Gasteiger partial charge in [-0.2, -0.15) is 0 Å². The van der Waals surface area contributed by atoms with Crippen molar-refractivity contribution in [1.29, 1.82) is 0 Å². The summed E-state index contributed by atoms with van der Waals surface area (Å²) < 4.78 is 11.7. The molecular formula is C23H26O3Si. The van der Waals surface area contributed by atoms with Crippen molar-refractivity contribution in [3.05, 3.63) is 77.9 Å². The van der Waals surface area contributed by atoms with E-state index in [4.69, 9.17) is 9.16 Å². The van der Waals surface area contributed by atoms with Crippen LogP contribution in [0.4, 0.5) is 0 Å². The van der Waals surface area contributed by atoms with Gasteiger partial charge in [0.1, 0.15) is 11.4 Å². The van der Waals surface area contributed by atoms with Crippen molar-refractivity contribution in [2.45, 2.75) is 32.2 Å². The lowest BCUT2D eigenvalue weighted by atomic mass is 9.86. The van der Waals surface area contributed by atoms with Crippen molar-refractivity contribution < 1.29 is 14.0 Å². The molecule has 3 aromatic carbocycles. The second-order valence-electron chi connectivity index (χ2n) is 7.87. The summed E-state index contributed by atoms with van der Waals surface area (Å²) in [6.07, 6.45) is 0. The molecule has 0 aliphatic rings. The Morgan fingerprint density at radius 1 is 0.889 bits per heavy atom. The van der Waals surface area contributed by atoms with E-state index in [1.165, 1.54) is 0 Å². The highest BCUT2D eigenvalue weighted by molar-refractivity contribution is 6.70. The predicted octanol–water partition coefficient (Wildman–Crippen LogP) is 5.80. The van der Waals surface area contributed by atoms with Crippen LogP contribution in [0.1, 0.15) is 22.8 Å². The van der Waals surface area contributed by atoms with Crippen LogP contribution in [0, 0.1) is 0 Å². The fourth-order valence-corrected chi connectivity index (χ4v) is 4.79. The summed E-state index contributed by atoms with van der Waals surface area (Å²) >= 11 is 0. The number of benzene rings is 3. The van der Waals surface area contributed by atoms with Gasteiger partial charge in [-0.15, -0.1) is 0 Å². The van der Waals surface area contributed by atoms with Crippen LogP contribution in [0.5, 0.6) is 5.75 Å². The number of hydrogen-bond acceptors (Lipinski definition) is 3. The topological polar surface area (TPSA) is 35.5 Å². The van der Waals surface area contributed by atoms with Gasteiger partial charge in [-0.25, -0.2) is 0 Å². The van der Waals surface area contributed by atoms with Crippen LogP contribution < -0.4 is 4.74 Å². The van der Waals surface area contributed by atoms with Crippen LogP contribution in [-0.4, -0.2) is 21.2 Å². The molecule has 0 fully saturated rings. The van der Waals surface area contributed by atoms with Crippen molar-refractivity contribution in [1.82, 2.24) is 0 Å². The minimum absolute atomic E-state index is 0.0390. The van der Waals surface area contributed by atoms with E-state index in [-0.39, 0.29) is 5.78 Å². The van der Waals surface area contributed by atoms with Crippen LogP contribution in [0.15, 0.2) is 66.7 Å². The second-order valence-corrected chi connectivity index (χ2v) is 12.3. The molecule has 0 aromatic heterocycles. The first kappa shape index (κ1) is 19.3. The Labute approximate surface area is 162 Å². The zero-order chi connectivity index (χ0) is 19.7. The molecule has 0 saturated heterocycles. The lowest BCUT2D eigenvalue weighted by Crippen LogP contribution is -2.44. The molecular weight excluding hydrogens is 352 g/mol. The Morgan fingerprint density at radius 3 is 2.11 bits per heavy atom. The molecule has 27 heavy (non-hydrogen) atoms. The standard InChI is InChI=1S/C23H26O3Si/c1-23(26-27(3,4)5,22(24)18-11-14-21(25-2)15-12-18)20-13-10-17-8-6-7-9-19(17)16-20/h6-16H,1-5H3/t23-/m1/s1. The highest BCUT2D eigenvalue weighted by atomic mass is 28.4. The van der Waals surface area contributed by atoms with E-state index in [1.807, 2.05) is 37.3 Å². The maximum atomic E-state index is 13.5. The first-order valence-electron chi connectivity index (χ1n) is 9.11. The third kappa shape index (κ3) is 4.12. The first-order chi connectivity index (χ1) is 12.7. The van der Waals surface area contributed by atoms with Crippen LogP contribution in [-0.2, 0) is 10.0 Å². The molecule has 0 heterocycles. The predicted molar refractivity (Wildman–Crippen MR) is 113 cm³/mol. The van der Waals surface area contributed by atoms with Gasteiger partial charge in [0.2, 0.25) is 0 Å². The van der Waals surface area contributed by atoms with E-state index in [2.05, 4.69) is 43.9 Å². The molecule has 0 unspecified atom stereocenters. The molecule has 0 bridgehead atoms. The highest BCUT2D eigenvalue weighted by Crippen LogP contribution is 2.35. The monoisotopic (exact) mass is 378 g/mol. The normalized spacial score (nSPS) is 14.0. The average Bonchev–Trinajstić information content (AvgIpc) is 2.65. The molecule has 3 rings (SSSR count). The molecule has 0 aliphatic carbocycles. The number of Topliss-reactive ketones (excluding diaryl/α,β-unsaturated/α-hetero) is 1. The molecule has 140 valence electrons. The number of carbonyl (C=O) groups is 1. The summed E-state index contributed by atoms with van der Waals surface area (Å²) in [6, 6.07) is 21.5. The van der Waals surface area contributed by atoms with E-state index < -0.39 is 13.9 Å².